The van der Waals surface area contributed by atoms with Crippen molar-refractivity contribution in [3.05, 3.63) is 63.9 Å². The number of furan rings is 1. The second kappa shape index (κ2) is 6.76. The third kappa shape index (κ3) is 2.79. The minimum atomic E-state index is -0.434. The smallest absolute Gasteiger partial charge is 0.273 e. The van der Waals surface area contributed by atoms with Crippen LogP contribution in [0.3, 0.4) is 0 Å². The van der Waals surface area contributed by atoms with E-state index in [0.717, 1.165) is 17.9 Å². The van der Waals surface area contributed by atoms with Gasteiger partial charge in [-0.25, -0.2) is 0 Å². The molecule has 2 amide bonds. The Morgan fingerprint density at radius 2 is 1.77 bits per heavy atom. The largest absolute Gasteiger partial charge is 0.455 e. The number of aryl methyl sites for hydroxylation is 1. The number of nitro groups is 1. The molecule has 2 bridgehead atoms. The molecule has 0 unspecified atom stereocenters. The summed E-state index contributed by atoms with van der Waals surface area (Å²) in [6.07, 6.45) is 7.33. The van der Waals surface area contributed by atoms with E-state index in [1.165, 1.54) is 12.3 Å². The Labute approximate surface area is 172 Å². The van der Waals surface area contributed by atoms with Crippen LogP contribution in [-0.2, 0) is 9.59 Å². The van der Waals surface area contributed by atoms with Crippen LogP contribution in [0, 0.1) is 40.7 Å². The second-order valence-corrected chi connectivity index (χ2v) is 8.03. The van der Waals surface area contributed by atoms with Crippen LogP contribution in [0.15, 0.2) is 52.0 Å². The fourth-order valence-corrected chi connectivity index (χ4v) is 4.82. The molecular weight excluding hydrogens is 386 g/mol. The molecule has 1 aromatic heterocycles. The first kappa shape index (κ1) is 18.5. The maximum atomic E-state index is 12.8. The highest BCUT2D eigenvalue weighted by atomic mass is 16.6. The predicted molar refractivity (Wildman–Crippen MR) is 107 cm³/mol. The molecular formula is C22H19N3O5. The highest BCUT2D eigenvalue weighted by Gasteiger charge is 2.56. The number of benzene rings is 1. The Balaban J connectivity index is 1.37. The van der Waals surface area contributed by atoms with Gasteiger partial charge in [0.25, 0.3) is 17.5 Å². The number of carbonyl (C=O) groups excluding carboxylic acids is 2. The molecule has 2 heterocycles. The summed E-state index contributed by atoms with van der Waals surface area (Å²) in [6.45, 7) is 1.67. The van der Waals surface area contributed by atoms with E-state index in [9.17, 15) is 19.7 Å². The maximum absolute atomic E-state index is 12.8. The molecule has 0 spiro atoms. The van der Waals surface area contributed by atoms with E-state index < -0.39 is 4.92 Å². The lowest BCUT2D eigenvalue weighted by atomic mass is 9.63. The average molecular weight is 405 g/mol. The van der Waals surface area contributed by atoms with Crippen LogP contribution in [-0.4, -0.2) is 28.0 Å². The first-order valence-corrected chi connectivity index (χ1v) is 9.89. The zero-order valence-corrected chi connectivity index (χ0v) is 16.2. The SMILES string of the molecule is Cc1ccc(-c2ccc(/C=N\N3C(=O)[C@@H]4[C@H](C3=O)[C@H]3C=C[C@H]4CC3)o2)cc1[N+](=O)[O-]. The van der Waals surface area contributed by atoms with Gasteiger partial charge in [0.1, 0.15) is 11.5 Å². The molecule has 1 aliphatic heterocycles. The Hall–Kier alpha value is -3.55. The number of carbonyl (C=O) groups is 2. The van der Waals surface area contributed by atoms with Crippen LogP contribution in [0.25, 0.3) is 11.3 Å². The van der Waals surface area contributed by atoms with Crippen molar-refractivity contribution in [2.24, 2.45) is 28.8 Å². The Kier molecular flexibility index (Phi) is 4.16. The number of imide groups is 1. The molecule has 152 valence electrons. The van der Waals surface area contributed by atoms with Gasteiger partial charge in [-0.3, -0.25) is 19.7 Å². The number of fused-ring (bicyclic) bond motifs is 1. The number of rotatable bonds is 4. The lowest BCUT2D eigenvalue weighted by Gasteiger charge is -2.37. The van der Waals surface area contributed by atoms with Crippen molar-refractivity contribution in [2.75, 3.05) is 0 Å². The summed E-state index contributed by atoms with van der Waals surface area (Å²) >= 11 is 0. The normalized spacial score (nSPS) is 27.3. The van der Waals surface area contributed by atoms with Gasteiger partial charge in [-0.2, -0.15) is 10.1 Å². The Bertz CT molecular complexity index is 1100. The summed E-state index contributed by atoms with van der Waals surface area (Å²) in [5.74, 6) is -0.0902. The fraction of sp³-hybridized carbons (Fsp3) is 0.318. The molecule has 1 saturated heterocycles. The van der Waals surface area contributed by atoms with Crippen molar-refractivity contribution < 1.29 is 18.9 Å². The molecule has 0 radical (unpaired) electrons. The zero-order valence-electron chi connectivity index (χ0n) is 16.2. The van der Waals surface area contributed by atoms with Gasteiger partial charge in [0.05, 0.1) is 23.0 Å². The number of nitro benzene ring substituents is 1. The quantitative estimate of drug-likeness (QED) is 0.254. The van der Waals surface area contributed by atoms with Crippen LogP contribution in [0.5, 0.6) is 0 Å². The van der Waals surface area contributed by atoms with Gasteiger partial charge >= 0.3 is 0 Å². The van der Waals surface area contributed by atoms with E-state index in [1.807, 2.05) is 0 Å². The third-order valence-electron chi connectivity index (χ3n) is 6.35. The Morgan fingerprint density at radius 3 is 2.37 bits per heavy atom. The van der Waals surface area contributed by atoms with Gasteiger partial charge in [0, 0.05) is 17.2 Å². The average Bonchev–Trinajstić information content (AvgIpc) is 3.32. The standard InChI is InChI=1S/C22H19N3O5/c1-12-2-3-15(10-17(12)25(28)29)18-9-8-16(30-18)11-23-24-21(26)19-13-4-5-14(7-6-13)20(19)22(24)27/h2-5,8-11,13-14,19-20H,6-7H2,1H3/b23-11-/t13-,14-,19-,20+/m0/s1. The molecule has 8 heteroatoms. The number of amides is 2. The summed E-state index contributed by atoms with van der Waals surface area (Å²) in [4.78, 5) is 36.3. The van der Waals surface area contributed by atoms with Crippen molar-refractivity contribution in [3.8, 4) is 11.3 Å². The van der Waals surface area contributed by atoms with Crippen LogP contribution in [0.4, 0.5) is 5.69 Å². The van der Waals surface area contributed by atoms with Gasteiger partial charge < -0.3 is 4.42 Å². The van der Waals surface area contributed by atoms with Crippen LogP contribution < -0.4 is 0 Å². The highest BCUT2D eigenvalue weighted by molar-refractivity contribution is 6.06. The molecule has 0 N–H and O–H groups in total. The number of hydrogen-bond donors (Lipinski definition) is 0. The maximum Gasteiger partial charge on any atom is 0.273 e. The summed E-state index contributed by atoms with van der Waals surface area (Å²) < 4.78 is 5.71. The van der Waals surface area contributed by atoms with Gasteiger partial charge in [-0.05, 0) is 43.7 Å². The van der Waals surface area contributed by atoms with E-state index in [2.05, 4.69) is 17.3 Å². The number of allylic oxidation sites excluding steroid dienone is 2. The van der Waals surface area contributed by atoms with E-state index in [4.69, 9.17) is 4.42 Å². The molecule has 1 aromatic carbocycles. The van der Waals surface area contributed by atoms with Gasteiger partial charge in [0.15, 0.2) is 0 Å². The number of hydrazone groups is 1. The van der Waals surface area contributed by atoms with Crippen molar-refractivity contribution >= 4 is 23.7 Å². The van der Waals surface area contributed by atoms with E-state index >= 15 is 0 Å². The molecule has 4 aliphatic rings. The van der Waals surface area contributed by atoms with E-state index in [-0.39, 0.29) is 41.2 Å². The lowest BCUT2D eigenvalue weighted by Crippen LogP contribution is -2.38. The van der Waals surface area contributed by atoms with Gasteiger partial charge in [-0.1, -0.05) is 24.3 Å². The third-order valence-corrected chi connectivity index (χ3v) is 6.35. The summed E-state index contributed by atoms with van der Waals surface area (Å²) in [5, 5.41) is 16.3. The van der Waals surface area contributed by atoms with Gasteiger partial charge in [0.2, 0.25) is 0 Å². The lowest BCUT2D eigenvalue weighted by molar-refractivity contribution is -0.385. The minimum Gasteiger partial charge on any atom is -0.455 e. The van der Waals surface area contributed by atoms with Crippen LogP contribution in [0.1, 0.15) is 24.2 Å². The monoisotopic (exact) mass is 405 g/mol. The van der Waals surface area contributed by atoms with Gasteiger partial charge in [-0.15, -0.1) is 0 Å². The summed E-state index contributed by atoms with van der Waals surface area (Å²) in [7, 11) is 0. The molecule has 8 nitrogen and oxygen atoms in total. The van der Waals surface area contributed by atoms with Crippen molar-refractivity contribution in [2.45, 2.75) is 19.8 Å². The highest BCUT2D eigenvalue weighted by Crippen LogP contribution is 2.49. The van der Waals surface area contributed by atoms with Crippen molar-refractivity contribution in [1.82, 2.24) is 5.01 Å². The molecule has 1 saturated carbocycles. The first-order chi connectivity index (χ1) is 14.4. The molecule has 3 aliphatic carbocycles. The summed E-state index contributed by atoms with van der Waals surface area (Å²) in [5.41, 5.74) is 1.14. The zero-order chi connectivity index (χ0) is 21.0. The van der Waals surface area contributed by atoms with E-state index in [0.29, 0.717) is 22.6 Å². The molecule has 6 rings (SSSR count). The predicted octanol–water partition coefficient (Wildman–Crippen LogP) is 3.69. The number of nitrogens with zero attached hydrogens (tertiary/aromatic N) is 3. The second-order valence-electron chi connectivity index (χ2n) is 8.03. The van der Waals surface area contributed by atoms with E-state index in [1.54, 1.807) is 31.2 Å². The molecule has 4 atom stereocenters. The summed E-state index contributed by atoms with van der Waals surface area (Å²) in [6, 6.07) is 8.18. The topological polar surface area (TPSA) is 106 Å². The first-order valence-electron chi connectivity index (χ1n) is 9.89. The van der Waals surface area contributed by atoms with Crippen LogP contribution >= 0.6 is 0 Å². The number of hydrogen-bond acceptors (Lipinski definition) is 6. The fourth-order valence-electron chi connectivity index (χ4n) is 4.82. The molecule has 2 fully saturated rings. The van der Waals surface area contributed by atoms with Crippen LogP contribution in [0.2, 0.25) is 0 Å². The minimum absolute atomic E-state index is 0.0122. The molecule has 30 heavy (non-hydrogen) atoms. The Morgan fingerprint density at radius 1 is 1.10 bits per heavy atom. The van der Waals surface area contributed by atoms with Crippen molar-refractivity contribution in [3.63, 3.8) is 0 Å². The van der Waals surface area contributed by atoms with Crippen molar-refractivity contribution in [1.29, 1.82) is 0 Å². The molecule has 2 aromatic rings.